The van der Waals surface area contributed by atoms with Crippen molar-refractivity contribution in [2.75, 3.05) is 19.6 Å². The van der Waals surface area contributed by atoms with Crippen LogP contribution in [0.3, 0.4) is 0 Å². The van der Waals surface area contributed by atoms with Gasteiger partial charge in [0.25, 0.3) is 0 Å². The second-order valence-electron chi connectivity index (χ2n) is 5.22. The Bertz CT molecular complexity index is 624. The fourth-order valence-corrected chi connectivity index (χ4v) is 3.03. The predicted octanol–water partition coefficient (Wildman–Crippen LogP) is 3.44. The van der Waals surface area contributed by atoms with Crippen molar-refractivity contribution >= 4 is 24.0 Å². The van der Waals surface area contributed by atoms with E-state index >= 15 is 0 Å². The highest BCUT2D eigenvalue weighted by molar-refractivity contribution is 6.31. The van der Waals surface area contributed by atoms with Gasteiger partial charge in [-0.2, -0.15) is 0 Å². The summed E-state index contributed by atoms with van der Waals surface area (Å²) in [5, 5.41) is 4.17. The number of rotatable bonds is 3. The first-order chi connectivity index (χ1) is 10.2. The van der Waals surface area contributed by atoms with Crippen molar-refractivity contribution in [1.82, 2.24) is 15.2 Å². The molecule has 1 aromatic heterocycles. The molecular formula is C16H18Cl2FN3. The van der Waals surface area contributed by atoms with Gasteiger partial charge in [0.05, 0.1) is 6.20 Å². The molecule has 1 atom stereocenters. The Labute approximate surface area is 140 Å². The van der Waals surface area contributed by atoms with Crippen molar-refractivity contribution < 1.29 is 4.39 Å². The molecule has 0 aliphatic carbocycles. The summed E-state index contributed by atoms with van der Waals surface area (Å²) >= 11 is 6.32. The molecule has 0 saturated carbocycles. The highest BCUT2D eigenvalue weighted by Gasteiger charge is 2.25. The second kappa shape index (κ2) is 7.88. The van der Waals surface area contributed by atoms with Crippen LogP contribution in [-0.4, -0.2) is 29.5 Å². The Morgan fingerprint density at radius 2 is 2.14 bits per heavy atom. The first kappa shape index (κ1) is 17.2. The molecule has 1 unspecified atom stereocenters. The van der Waals surface area contributed by atoms with Crippen LogP contribution in [0.5, 0.6) is 0 Å². The SMILES string of the molecule is Cl.Fc1cncc(CN2CCNCC2c2ccccc2Cl)c1. The van der Waals surface area contributed by atoms with Crippen molar-refractivity contribution in [3.63, 3.8) is 0 Å². The maximum Gasteiger partial charge on any atom is 0.141 e. The van der Waals surface area contributed by atoms with E-state index in [1.807, 2.05) is 18.2 Å². The zero-order valence-corrected chi connectivity index (χ0v) is 13.6. The van der Waals surface area contributed by atoms with Crippen LogP contribution in [0, 0.1) is 5.82 Å². The summed E-state index contributed by atoms with van der Waals surface area (Å²) in [6, 6.07) is 9.62. The summed E-state index contributed by atoms with van der Waals surface area (Å²) in [7, 11) is 0. The number of hydrogen-bond acceptors (Lipinski definition) is 3. The zero-order valence-electron chi connectivity index (χ0n) is 12.0. The van der Waals surface area contributed by atoms with E-state index in [1.54, 1.807) is 12.3 Å². The maximum absolute atomic E-state index is 13.3. The molecule has 2 heterocycles. The smallest absolute Gasteiger partial charge is 0.141 e. The first-order valence-corrected chi connectivity index (χ1v) is 7.40. The number of benzene rings is 1. The zero-order chi connectivity index (χ0) is 14.7. The average Bonchev–Trinajstić information content (AvgIpc) is 2.49. The van der Waals surface area contributed by atoms with Gasteiger partial charge in [-0.15, -0.1) is 12.4 Å². The summed E-state index contributed by atoms with van der Waals surface area (Å²) in [6.45, 7) is 3.32. The van der Waals surface area contributed by atoms with Gasteiger partial charge >= 0.3 is 0 Å². The summed E-state index contributed by atoms with van der Waals surface area (Å²) in [5.41, 5.74) is 1.99. The van der Waals surface area contributed by atoms with Crippen molar-refractivity contribution in [2.24, 2.45) is 0 Å². The molecule has 2 aromatic rings. The van der Waals surface area contributed by atoms with Crippen LogP contribution >= 0.6 is 24.0 Å². The van der Waals surface area contributed by atoms with Crippen molar-refractivity contribution in [1.29, 1.82) is 0 Å². The number of hydrogen-bond donors (Lipinski definition) is 1. The monoisotopic (exact) mass is 341 g/mol. The van der Waals surface area contributed by atoms with Gasteiger partial charge in [-0.25, -0.2) is 4.39 Å². The van der Waals surface area contributed by atoms with Gasteiger partial charge in [-0.1, -0.05) is 29.8 Å². The van der Waals surface area contributed by atoms with E-state index in [4.69, 9.17) is 11.6 Å². The van der Waals surface area contributed by atoms with E-state index in [9.17, 15) is 4.39 Å². The van der Waals surface area contributed by atoms with Crippen LogP contribution in [0.2, 0.25) is 5.02 Å². The fourth-order valence-electron chi connectivity index (χ4n) is 2.76. The lowest BCUT2D eigenvalue weighted by atomic mass is 10.0. The quantitative estimate of drug-likeness (QED) is 0.926. The van der Waals surface area contributed by atoms with E-state index in [1.165, 1.54) is 6.20 Å². The minimum Gasteiger partial charge on any atom is -0.314 e. The molecule has 1 fully saturated rings. The molecule has 0 bridgehead atoms. The number of piperazine rings is 1. The van der Waals surface area contributed by atoms with Crippen LogP contribution in [0.15, 0.2) is 42.7 Å². The largest absolute Gasteiger partial charge is 0.314 e. The van der Waals surface area contributed by atoms with E-state index in [0.717, 1.165) is 35.8 Å². The lowest BCUT2D eigenvalue weighted by Crippen LogP contribution is -2.45. The molecule has 1 aliphatic rings. The number of nitrogens with zero attached hydrogens (tertiary/aromatic N) is 2. The summed E-state index contributed by atoms with van der Waals surface area (Å²) < 4.78 is 13.3. The number of aromatic nitrogens is 1. The topological polar surface area (TPSA) is 28.2 Å². The minimum absolute atomic E-state index is 0. The van der Waals surface area contributed by atoms with E-state index in [-0.39, 0.29) is 24.3 Å². The highest BCUT2D eigenvalue weighted by atomic mass is 35.5. The molecule has 0 radical (unpaired) electrons. The lowest BCUT2D eigenvalue weighted by molar-refractivity contribution is 0.153. The van der Waals surface area contributed by atoms with Gasteiger partial charge in [-0.3, -0.25) is 9.88 Å². The fraction of sp³-hybridized carbons (Fsp3) is 0.312. The normalized spacial score (nSPS) is 18.7. The van der Waals surface area contributed by atoms with E-state index in [2.05, 4.69) is 21.3 Å². The van der Waals surface area contributed by atoms with Crippen LogP contribution in [0.1, 0.15) is 17.2 Å². The summed E-state index contributed by atoms with van der Waals surface area (Å²) in [6.07, 6.45) is 2.95. The van der Waals surface area contributed by atoms with Gasteiger partial charge in [0.1, 0.15) is 5.82 Å². The molecular weight excluding hydrogens is 324 g/mol. The average molecular weight is 342 g/mol. The Morgan fingerprint density at radius 3 is 2.91 bits per heavy atom. The standard InChI is InChI=1S/C16H17ClFN3.ClH/c17-15-4-2-1-3-14(15)16-10-19-5-6-21(16)11-12-7-13(18)9-20-8-12;/h1-4,7-9,16,19H,5-6,10-11H2;1H. The third-order valence-electron chi connectivity index (χ3n) is 3.77. The lowest BCUT2D eigenvalue weighted by Gasteiger charge is -2.36. The third-order valence-corrected chi connectivity index (χ3v) is 4.11. The van der Waals surface area contributed by atoms with Crippen LogP contribution in [0.25, 0.3) is 0 Å². The van der Waals surface area contributed by atoms with Gasteiger partial charge in [0, 0.05) is 43.4 Å². The highest BCUT2D eigenvalue weighted by Crippen LogP contribution is 2.29. The number of halogens is 3. The van der Waals surface area contributed by atoms with Crippen molar-refractivity contribution in [3.05, 3.63) is 64.7 Å². The molecule has 3 rings (SSSR count). The van der Waals surface area contributed by atoms with Gasteiger partial charge in [0.2, 0.25) is 0 Å². The van der Waals surface area contributed by atoms with Crippen LogP contribution < -0.4 is 5.32 Å². The van der Waals surface area contributed by atoms with E-state index < -0.39 is 0 Å². The molecule has 1 aliphatic heterocycles. The van der Waals surface area contributed by atoms with Crippen molar-refractivity contribution in [3.8, 4) is 0 Å². The van der Waals surface area contributed by atoms with Crippen LogP contribution in [-0.2, 0) is 6.54 Å². The molecule has 22 heavy (non-hydrogen) atoms. The van der Waals surface area contributed by atoms with Crippen molar-refractivity contribution in [2.45, 2.75) is 12.6 Å². The van der Waals surface area contributed by atoms with Gasteiger partial charge < -0.3 is 5.32 Å². The Kier molecular flexibility index (Phi) is 6.15. The number of nitrogens with one attached hydrogen (secondary N) is 1. The Morgan fingerprint density at radius 1 is 1.32 bits per heavy atom. The molecule has 6 heteroatoms. The molecule has 0 amide bonds. The van der Waals surface area contributed by atoms with E-state index in [0.29, 0.717) is 6.54 Å². The second-order valence-corrected chi connectivity index (χ2v) is 5.63. The molecule has 1 saturated heterocycles. The van der Waals surface area contributed by atoms with Gasteiger partial charge in [-0.05, 0) is 23.3 Å². The first-order valence-electron chi connectivity index (χ1n) is 7.02. The van der Waals surface area contributed by atoms with Gasteiger partial charge in [0.15, 0.2) is 0 Å². The third kappa shape index (κ3) is 3.96. The summed E-state index contributed by atoms with van der Waals surface area (Å²) in [5.74, 6) is -0.295. The molecule has 1 aromatic carbocycles. The predicted molar refractivity (Wildman–Crippen MR) is 88.9 cm³/mol. The number of pyridine rings is 1. The summed E-state index contributed by atoms with van der Waals surface area (Å²) in [4.78, 5) is 6.24. The maximum atomic E-state index is 13.3. The molecule has 0 spiro atoms. The molecule has 1 N–H and O–H groups in total. The Hall–Kier alpha value is -1.20. The minimum atomic E-state index is -0.295. The molecule has 3 nitrogen and oxygen atoms in total. The Balaban J connectivity index is 0.00000176. The molecule has 118 valence electrons. The van der Waals surface area contributed by atoms with Crippen LogP contribution in [0.4, 0.5) is 4.39 Å².